The molecule has 0 bridgehead atoms. The topological polar surface area (TPSA) is 21.3 Å². The van der Waals surface area contributed by atoms with Crippen LogP contribution in [0.5, 0.6) is 5.75 Å². The Morgan fingerprint density at radius 2 is 1.76 bits per heavy atom. The molecule has 1 unspecified atom stereocenters. The lowest BCUT2D eigenvalue weighted by atomic mass is 9.98. The summed E-state index contributed by atoms with van der Waals surface area (Å²) >= 11 is 6.03. The van der Waals surface area contributed by atoms with E-state index in [1.807, 2.05) is 31.2 Å². The summed E-state index contributed by atoms with van der Waals surface area (Å²) in [4.78, 5) is 0. The van der Waals surface area contributed by atoms with Gasteiger partial charge in [-0.05, 0) is 41.9 Å². The summed E-state index contributed by atoms with van der Waals surface area (Å²) in [6, 6.07) is 14.0. The zero-order valence-corrected chi connectivity index (χ0v) is 12.3. The van der Waals surface area contributed by atoms with E-state index >= 15 is 0 Å². The van der Waals surface area contributed by atoms with Gasteiger partial charge in [0, 0.05) is 5.02 Å². The van der Waals surface area contributed by atoms with Crippen molar-refractivity contribution in [3.8, 4) is 5.75 Å². The van der Waals surface area contributed by atoms with E-state index in [1.54, 1.807) is 18.2 Å². The van der Waals surface area contributed by atoms with Gasteiger partial charge in [-0.3, -0.25) is 0 Å². The molecule has 0 spiro atoms. The molecule has 0 aliphatic heterocycles. The van der Waals surface area contributed by atoms with Crippen molar-refractivity contribution in [1.82, 2.24) is 5.32 Å². The van der Waals surface area contributed by atoms with Crippen LogP contribution in [0.1, 0.15) is 24.1 Å². The Bertz CT molecular complexity index is 592. The first-order valence-electron chi connectivity index (χ1n) is 6.63. The second kappa shape index (κ2) is 7.38. The van der Waals surface area contributed by atoms with Crippen molar-refractivity contribution >= 4 is 11.6 Å². The molecule has 0 fully saturated rings. The Morgan fingerprint density at radius 1 is 1.10 bits per heavy atom. The average Bonchev–Trinajstić information content (AvgIpc) is 2.44. The van der Waals surface area contributed by atoms with Gasteiger partial charge in [0.1, 0.15) is 5.75 Å². The molecule has 0 aliphatic rings. The number of hydrogen-bond acceptors (Lipinski definition) is 2. The minimum Gasteiger partial charge on any atom is -0.435 e. The highest BCUT2D eigenvalue weighted by Crippen LogP contribution is 2.27. The number of alkyl halides is 2. The predicted octanol–water partition coefficient (Wildman–Crippen LogP) is 4.64. The third-order valence-electron chi connectivity index (χ3n) is 3.01. The van der Waals surface area contributed by atoms with Gasteiger partial charge >= 0.3 is 6.61 Å². The maximum atomic E-state index is 12.3. The molecule has 21 heavy (non-hydrogen) atoms. The molecular weight excluding hydrogens is 296 g/mol. The van der Waals surface area contributed by atoms with Crippen molar-refractivity contribution in [2.45, 2.75) is 19.6 Å². The van der Waals surface area contributed by atoms with E-state index < -0.39 is 6.61 Å². The first kappa shape index (κ1) is 15.7. The molecular formula is C16H16ClF2NO. The molecule has 1 N–H and O–H groups in total. The molecule has 0 radical (unpaired) electrons. The molecule has 0 saturated heterocycles. The fraction of sp³-hybridized carbons (Fsp3) is 0.250. The number of benzene rings is 2. The van der Waals surface area contributed by atoms with E-state index in [0.29, 0.717) is 5.02 Å². The number of hydrogen-bond donors (Lipinski definition) is 1. The van der Waals surface area contributed by atoms with Crippen LogP contribution in [0, 0.1) is 0 Å². The monoisotopic (exact) mass is 311 g/mol. The maximum Gasteiger partial charge on any atom is 0.387 e. The van der Waals surface area contributed by atoms with Crippen LogP contribution in [0.3, 0.4) is 0 Å². The van der Waals surface area contributed by atoms with Gasteiger partial charge in [0.2, 0.25) is 0 Å². The summed E-state index contributed by atoms with van der Waals surface area (Å²) < 4.78 is 29.1. The van der Waals surface area contributed by atoms with Crippen molar-refractivity contribution in [2.75, 3.05) is 6.54 Å². The van der Waals surface area contributed by atoms with E-state index in [2.05, 4.69) is 10.1 Å². The van der Waals surface area contributed by atoms with Gasteiger partial charge in [0.25, 0.3) is 0 Å². The highest BCUT2D eigenvalue weighted by Gasteiger charge is 2.15. The Morgan fingerprint density at radius 3 is 2.38 bits per heavy atom. The minimum atomic E-state index is -2.83. The first-order valence-corrected chi connectivity index (χ1v) is 7.01. The van der Waals surface area contributed by atoms with Gasteiger partial charge < -0.3 is 10.1 Å². The smallest absolute Gasteiger partial charge is 0.387 e. The Labute approximate surface area is 127 Å². The second-order valence-corrected chi connectivity index (χ2v) is 4.93. The van der Waals surface area contributed by atoms with Crippen LogP contribution in [-0.4, -0.2) is 13.2 Å². The quantitative estimate of drug-likeness (QED) is 0.839. The van der Waals surface area contributed by atoms with Crippen molar-refractivity contribution in [1.29, 1.82) is 0 Å². The first-order chi connectivity index (χ1) is 10.1. The Kier molecular flexibility index (Phi) is 5.53. The molecule has 0 aromatic heterocycles. The van der Waals surface area contributed by atoms with Gasteiger partial charge in [-0.25, -0.2) is 0 Å². The molecule has 0 amide bonds. The van der Waals surface area contributed by atoms with Gasteiger partial charge in [0.05, 0.1) is 6.04 Å². The Hall–Kier alpha value is -1.65. The number of ether oxygens (including phenoxy) is 1. The van der Waals surface area contributed by atoms with Crippen LogP contribution in [0.4, 0.5) is 8.78 Å². The fourth-order valence-electron chi connectivity index (χ4n) is 2.19. The summed E-state index contributed by atoms with van der Waals surface area (Å²) in [5.74, 6) is 0.146. The number of nitrogens with one attached hydrogen (secondary N) is 1. The highest BCUT2D eigenvalue weighted by molar-refractivity contribution is 6.30. The fourth-order valence-corrected chi connectivity index (χ4v) is 2.39. The lowest BCUT2D eigenvalue weighted by Crippen LogP contribution is -2.22. The van der Waals surface area contributed by atoms with Gasteiger partial charge in [-0.1, -0.05) is 42.8 Å². The molecule has 2 aromatic carbocycles. The molecule has 2 rings (SSSR count). The summed E-state index contributed by atoms with van der Waals surface area (Å²) in [6.45, 7) is -0.113. The van der Waals surface area contributed by atoms with E-state index in [1.165, 1.54) is 6.07 Å². The van der Waals surface area contributed by atoms with Crippen LogP contribution in [-0.2, 0) is 0 Å². The van der Waals surface area contributed by atoms with Crippen molar-refractivity contribution in [2.24, 2.45) is 0 Å². The lowest BCUT2D eigenvalue weighted by Gasteiger charge is -2.20. The van der Waals surface area contributed by atoms with Crippen LogP contribution in [0.25, 0.3) is 0 Å². The summed E-state index contributed by atoms with van der Waals surface area (Å²) in [5, 5.41) is 3.96. The molecule has 2 nitrogen and oxygen atoms in total. The zero-order valence-electron chi connectivity index (χ0n) is 11.5. The third-order valence-corrected chi connectivity index (χ3v) is 3.24. The standard InChI is InChI=1S/C16H16ClF2NO/c1-2-20-15(11-5-3-7-13(17)9-11)12-6-4-8-14(10-12)21-16(18)19/h3-10,15-16,20H,2H2,1H3. The lowest BCUT2D eigenvalue weighted by molar-refractivity contribution is -0.0498. The SMILES string of the molecule is CCNC(c1cccc(Cl)c1)c1cccc(OC(F)F)c1. The number of rotatable bonds is 6. The molecule has 5 heteroatoms. The summed E-state index contributed by atoms with van der Waals surface area (Å²) in [5.41, 5.74) is 1.82. The van der Waals surface area contributed by atoms with Gasteiger partial charge in [-0.2, -0.15) is 8.78 Å². The van der Waals surface area contributed by atoms with Gasteiger partial charge in [0.15, 0.2) is 0 Å². The molecule has 1 atom stereocenters. The van der Waals surface area contributed by atoms with Crippen molar-refractivity contribution in [3.05, 3.63) is 64.7 Å². The molecule has 0 aliphatic carbocycles. The van der Waals surface area contributed by atoms with E-state index in [-0.39, 0.29) is 11.8 Å². The Balaban J connectivity index is 2.34. The normalized spacial score (nSPS) is 12.4. The maximum absolute atomic E-state index is 12.3. The van der Waals surface area contributed by atoms with Crippen LogP contribution in [0.15, 0.2) is 48.5 Å². The minimum absolute atomic E-state index is 0.130. The summed E-state index contributed by atoms with van der Waals surface area (Å²) in [7, 11) is 0. The predicted molar refractivity (Wildman–Crippen MR) is 80.0 cm³/mol. The van der Waals surface area contributed by atoms with E-state index in [9.17, 15) is 8.78 Å². The van der Waals surface area contributed by atoms with Crippen molar-refractivity contribution < 1.29 is 13.5 Å². The molecule has 2 aromatic rings. The van der Waals surface area contributed by atoms with Gasteiger partial charge in [-0.15, -0.1) is 0 Å². The number of halogens is 3. The molecule has 0 heterocycles. The van der Waals surface area contributed by atoms with Crippen molar-refractivity contribution in [3.63, 3.8) is 0 Å². The average molecular weight is 312 g/mol. The molecule has 0 saturated carbocycles. The van der Waals surface area contributed by atoms with Crippen LogP contribution in [0.2, 0.25) is 5.02 Å². The largest absolute Gasteiger partial charge is 0.435 e. The third kappa shape index (κ3) is 4.41. The second-order valence-electron chi connectivity index (χ2n) is 4.50. The van der Waals surface area contributed by atoms with Crippen LogP contribution < -0.4 is 10.1 Å². The summed E-state index contributed by atoms with van der Waals surface area (Å²) in [6.07, 6.45) is 0. The van der Waals surface area contributed by atoms with E-state index in [0.717, 1.165) is 17.7 Å². The van der Waals surface area contributed by atoms with Crippen LogP contribution >= 0.6 is 11.6 Å². The zero-order chi connectivity index (χ0) is 15.2. The molecule has 112 valence electrons. The highest BCUT2D eigenvalue weighted by atomic mass is 35.5. The van der Waals surface area contributed by atoms with E-state index in [4.69, 9.17) is 11.6 Å².